The van der Waals surface area contributed by atoms with Crippen molar-refractivity contribution in [2.45, 2.75) is 13.0 Å². The van der Waals surface area contributed by atoms with Gasteiger partial charge in [0, 0.05) is 5.39 Å². The summed E-state index contributed by atoms with van der Waals surface area (Å²) in [5.74, 6) is 0.794. The summed E-state index contributed by atoms with van der Waals surface area (Å²) in [7, 11) is 0. The Labute approximate surface area is 162 Å². The van der Waals surface area contributed by atoms with E-state index in [0.717, 1.165) is 22.4 Å². The lowest BCUT2D eigenvalue weighted by Gasteiger charge is -2.25. The topological polar surface area (TPSA) is 37.2 Å². The molecule has 0 bridgehead atoms. The summed E-state index contributed by atoms with van der Waals surface area (Å²) >= 11 is 5.44. The molecule has 0 spiro atoms. The number of thiocarbonyl (C=S) groups is 1. The van der Waals surface area contributed by atoms with Crippen LogP contribution in [0.4, 0.5) is 0 Å². The van der Waals surface area contributed by atoms with Crippen LogP contribution in [0.2, 0.25) is 0 Å². The van der Waals surface area contributed by atoms with Gasteiger partial charge in [0.1, 0.15) is 5.58 Å². The van der Waals surface area contributed by atoms with E-state index in [1.54, 1.807) is 0 Å². The maximum Gasteiger partial charge on any atom is 0.171 e. The third kappa shape index (κ3) is 2.88. The Kier molecular flexibility index (Phi) is 3.73. The number of hydrogen-bond acceptors (Lipinski definition) is 2. The Balaban J connectivity index is 1.61. The van der Waals surface area contributed by atoms with Gasteiger partial charge in [-0.15, -0.1) is 0 Å². The van der Waals surface area contributed by atoms with Crippen molar-refractivity contribution in [3.8, 4) is 0 Å². The molecule has 0 saturated carbocycles. The molecule has 1 unspecified atom stereocenters. The van der Waals surface area contributed by atoms with Crippen molar-refractivity contribution < 1.29 is 4.42 Å². The van der Waals surface area contributed by atoms with E-state index < -0.39 is 0 Å². The molecule has 3 aromatic carbocycles. The zero-order valence-electron chi connectivity index (χ0n) is 14.8. The molecular weight excluding hydrogens is 352 g/mol. The van der Waals surface area contributed by atoms with Crippen LogP contribution in [0.25, 0.3) is 27.4 Å². The fourth-order valence-corrected chi connectivity index (χ4v) is 3.81. The molecular formula is C23H18N2OS. The quantitative estimate of drug-likeness (QED) is 0.460. The van der Waals surface area contributed by atoms with Gasteiger partial charge >= 0.3 is 0 Å². The second-order valence-corrected chi connectivity index (χ2v) is 7.28. The molecule has 0 aliphatic carbocycles. The van der Waals surface area contributed by atoms with Crippen LogP contribution in [-0.4, -0.2) is 5.11 Å². The van der Waals surface area contributed by atoms with Crippen molar-refractivity contribution in [2.24, 2.45) is 0 Å². The molecule has 132 valence electrons. The van der Waals surface area contributed by atoms with Gasteiger partial charge in [-0.2, -0.15) is 0 Å². The molecule has 1 aromatic heterocycles. The van der Waals surface area contributed by atoms with Gasteiger partial charge in [0.15, 0.2) is 10.9 Å². The molecule has 0 saturated heterocycles. The molecule has 5 rings (SSSR count). The van der Waals surface area contributed by atoms with Gasteiger partial charge in [0.05, 0.1) is 11.7 Å². The van der Waals surface area contributed by atoms with E-state index in [0.29, 0.717) is 5.11 Å². The van der Waals surface area contributed by atoms with E-state index in [1.165, 1.54) is 21.9 Å². The van der Waals surface area contributed by atoms with Gasteiger partial charge < -0.3 is 15.1 Å². The second kappa shape index (κ2) is 6.25. The highest BCUT2D eigenvalue weighted by Crippen LogP contribution is 2.32. The average molecular weight is 370 g/mol. The number of aryl methyl sites for hydroxylation is 1. The number of nitrogens with one attached hydrogen (secondary N) is 2. The lowest BCUT2D eigenvalue weighted by molar-refractivity contribution is 0.592. The van der Waals surface area contributed by atoms with E-state index in [2.05, 4.69) is 84.3 Å². The average Bonchev–Trinajstić information content (AvgIpc) is 3.13. The fraction of sp³-hybridized carbons (Fsp3) is 0.0870. The van der Waals surface area contributed by atoms with E-state index in [9.17, 15) is 0 Å². The molecule has 2 N–H and O–H groups in total. The van der Waals surface area contributed by atoms with Crippen LogP contribution >= 0.6 is 12.2 Å². The Bertz CT molecular complexity index is 1200. The summed E-state index contributed by atoms with van der Waals surface area (Å²) in [6, 6.07) is 23.1. The fourth-order valence-electron chi connectivity index (χ4n) is 3.57. The lowest BCUT2D eigenvalue weighted by Crippen LogP contribution is -2.40. The summed E-state index contributed by atoms with van der Waals surface area (Å²) in [5, 5.41) is 10.7. The first-order valence-corrected chi connectivity index (χ1v) is 9.36. The summed E-state index contributed by atoms with van der Waals surface area (Å²) in [6.45, 7) is 2.09. The molecule has 1 aliphatic heterocycles. The van der Waals surface area contributed by atoms with Crippen LogP contribution in [0.15, 0.2) is 77.2 Å². The lowest BCUT2D eigenvalue weighted by atomic mass is 10.0. The van der Waals surface area contributed by atoms with Crippen LogP contribution in [-0.2, 0) is 0 Å². The Morgan fingerprint density at radius 1 is 0.926 bits per heavy atom. The van der Waals surface area contributed by atoms with Crippen molar-refractivity contribution in [3.05, 3.63) is 89.7 Å². The predicted octanol–water partition coefficient (Wildman–Crippen LogP) is 5.45. The minimum absolute atomic E-state index is 0.0132. The molecule has 4 heteroatoms. The zero-order valence-corrected chi connectivity index (χ0v) is 15.6. The van der Waals surface area contributed by atoms with Gasteiger partial charge in [0.2, 0.25) is 0 Å². The molecule has 0 amide bonds. The standard InChI is InChI=1S/C23H18N2OS/c1-14-6-8-16(9-7-14)19-13-20(25-23(27)24-19)22-12-18-17-5-3-2-4-15(17)10-11-21(18)26-22/h2-13,19H,1H3,(H2,24,25,27). The van der Waals surface area contributed by atoms with Gasteiger partial charge in [-0.1, -0.05) is 60.2 Å². The van der Waals surface area contributed by atoms with E-state index in [1.807, 2.05) is 6.07 Å². The van der Waals surface area contributed by atoms with Crippen LogP contribution < -0.4 is 10.6 Å². The molecule has 2 heterocycles. The SMILES string of the molecule is Cc1ccc(C2C=C(c3cc4c(ccc5ccccc54)o3)NC(=S)N2)cc1. The predicted molar refractivity (Wildman–Crippen MR) is 114 cm³/mol. The molecule has 27 heavy (non-hydrogen) atoms. The van der Waals surface area contributed by atoms with E-state index >= 15 is 0 Å². The normalized spacial score (nSPS) is 16.9. The number of furan rings is 1. The summed E-state index contributed by atoms with van der Waals surface area (Å²) < 4.78 is 6.15. The number of fused-ring (bicyclic) bond motifs is 3. The van der Waals surface area contributed by atoms with Crippen molar-refractivity contribution in [2.75, 3.05) is 0 Å². The van der Waals surface area contributed by atoms with Crippen LogP contribution in [0.5, 0.6) is 0 Å². The maximum absolute atomic E-state index is 6.15. The largest absolute Gasteiger partial charge is 0.455 e. The van der Waals surface area contributed by atoms with Crippen molar-refractivity contribution in [3.63, 3.8) is 0 Å². The molecule has 4 aromatic rings. The van der Waals surface area contributed by atoms with Gasteiger partial charge in [-0.05, 0) is 53.7 Å². The number of rotatable bonds is 2. The summed E-state index contributed by atoms with van der Waals surface area (Å²) in [5.41, 5.74) is 4.18. The van der Waals surface area contributed by atoms with E-state index in [4.69, 9.17) is 16.6 Å². The van der Waals surface area contributed by atoms with Gasteiger partial charge in [0.25, 0.3) is 0 Å². The molecule has 3 nitrogen and oxygen atoms in total. The first-order valence-electron chi connectivity index (χ1n) is 8.95. The highest BCUT2D eigenvalue weighted by molar-refractivity contribution is 7.80. The molecule has 1 atom stereocenters. The zero-order chi connectivity index (χ0) is 18.4. The third-order valence-electron chi connectivity index (χ3n) is 5.00. The van der Waals surface area contributed by atoms with Gasteiger partial charge in [-0.3, -0.25) is 0 Å². The minimum Gasteiger partial charge on any atom is -0.455 e. The smallest absolute Gasteiger partial charge is 0.171 e. The van der Waals surface area contributed by atoms with Crippen LogP contribution in [0.1, 0.15) is 22.9 Å². The first-order chi connectivity index (χ1) is 13.2. The highest BCUT2D eigenvalue weighted by atomic mass is 32.1. The Morgan fingerprint density at radius 2 is 1.74 bits per heavy atom. The molecule has 0 radical (unpaired) electrons. The van der Waals surface area contributed by atoms with Gasteiger partial charge in [-0.25, -0.2) is 0 Å². The maximum atomic E-state index is 6.15. The van der Waals surface area contributed by atoms with Crippen LogP contribution in [0.3, 0.4) is 0 Å². The highest BCUT2D eigenvalue weighted by Gasteiger charge is 2.21. The summed E-state index contributed by atoms with van der Waals surface area (Å²) in [6.07, 6.45) is 2.13. The van der Waals surface area contributed by atoms with Crippen LogP contribution in [0, 0.1) is 6.92 Å². The monoisotopic (exact) mass is 370 g/mol. The van der Waals surface area contributed by atoms with Crippen molar-refractivity contribution in [1.29, 1.82) is 0 Å². The molecule has 1 aliphatic rings. The Morgan fingerprint density at radius 3 is 2.59 bits per heavy atom. The third-order valence-corrected chi connectivity index (χ3v) is 5.22. The van der Waals surface area contributed by atoms with Crippen molar-refractivity contribution >= 4 is 44.8 Å². The Hall–Kier alpha value is -3.11. The van der Waals surface area contributed by atoms with E-state index in [-0.39, 0.29) is 6.04 Å². The number of hydrogen-bond donors (Lipinski definition) is 2. The van der Waals surface area contributed by atoms with Crippen molar-refractivity contribution in [1.82, 2.24) is 10.6 Å². The number of benzene rings is 3. The summed E-state index contributed by atoms with van der Waals surface area (Å²) in [4.78, 5) is 0. The minimum atomic E-state index is 0.0132. The second-order valence-electron chi connectivity index (χ2n) is 6.88. The first kappa shape index (κ1) is 16.1. The molecule has 0 fully saturated rings.